The van der Waals surface area contributed by atoms with Gasteiger partial charge in [0.1, 0.15) is 13.2 Å². The summed E-state index contributed by atoms with van der Waals surface area (Å²) in [5.41, 5.74) is 0. The zero-order valence-electron chi connectivity index (χ0n) is 54.0. The predicted molar refractivity (Wildman–Crippen MR) is 357 cm³/mol. The van der Waals surface area contributed by atoms with E-state index in [9.17, 15) is 14.4 Å². The molecule has 0 spiro atoms. The number of esters is 3. The number of ether oxygens (including phenoxy) is 3. The summed E-state index contributed by atoms with van der Waals surface area (Å²) < 4.78 is 17.0. The van der Waals surface area contributed by atoms with Crippen LogP contribution >= 0.6 is 0 Å². The van der Waals surface area contributed by atoms with Crippen LogP contribution in [0.3, 0.4) is 0 Å². The molecule has 6 heteroatoms. The predicted octanol–water partition coefficient (Wildman–Crippen LogP) is 24.2. The van der Waals surface area contributed by atoms with Gasteiger partial charge >= 0.3 is 17.9 Å². The minimum Gasteiger partial charge on any atom is -0.462 e. The van der Waals surface area contributed by atoms with E-state index in [-0.39, 0.29) is 31.1 Å². The van der Waals surface area contributed by atoms with Gasteiger partial charge in [-0.3, -0.25) is 14.4 Å². The molecule has 1 unspecified atom stereocenters. The molecule has 0 fully saturated rings. The third kappa shape index (κ3) is 66.9. The van der Waals surface area contributed by atoms with Crippen molar-refractivity contribution in [2.45, 2.75) is 341 Å². The van der Waals surface area contributed by atoms with Crippen LogP contribution in [0.1, 0.15) is 335 Å². The summed E-state index contributed by atoms with van der Waals surface area (Å²) in [6.07, 6.45) is 95.3. The average Bonchev–Trinajstić information content (AvgIpc) is 3.47. The van der Waals surface area contributed by atoms with Crippen molar-refractivity contribution < 1.29 is 28.6 Å². The Hall–Kier alpha value is -3.93. The SMILES string of the molecule is CC/C=C\C/C=C\C/C=C\C/C=C\C/C=C\C/C=C\C/C=C\C/C=C\CCCCCCC(=O)OCC(COC(=O)CCCCCCC/C=C\CCCCCCCCC)OC(=O)CCCCCCCCCCCCCCCCCCCCC. The zero-order chi connectivity index (χ0) is 59.2. The van der Waals surface area contributed by atoms with Crippen LogP contribution in [0.5, 0.6) is 0 Å². The van der Waals surface area contributed by atoms with Crippen molar-refractivity contribution >= 4 is 17.9 Å². The normalized spacial score (nSPS) is 12.8. The van der Waals surface area contributed by atoms with Gasteiger partial charge in [0.2, 0.25) is 0 Å². The Morgan fingerprint density at radius 1 is 0.256 bits per heavy atom. The van der Waals surface area contributed by atoms with Crippen molar-refractivity contribution in [1.29, 1.82) is 0 Å². The number of carbonyl (C=O) groups excluding carboxylic acids is 3. The van der Waals surface area contributed by atoms with Crippen molar-refractivity contribution in [3.05, 3.63) is 109 Å². The fourth-order valence-electron chi connectivity index (χ4n) is 9.81. The number of hydrogen-bond donors (Lipinski definition) is 0. The standard InChI is InChI=1S/C76H130O6/c1-4-7-10-13-16-19-22-25-28-31-33-34-35-36-37-38-39-40-41-42-44-45-48-51-54-57-60-63-66-69-75(78)81-72-73(71-80-74(77)68-65-62-59-56-53-50-47-30-27-24-21-18-15-12-9-6-3)82-76(79)70-67-64-61-58-55-52-49-46-43-32-29-26-23-20-17-14-11-8-5-2/h7,10,16,19,25,28,30,33-34,36-37,39-40,42,44,47-48,51,73H,4-6,8-9,11-15,17-18,20-24,26-27,29,31-32,35,38,41,43,45-46,49-50,52-72H2,1-3H3/b10-7-,19-16-,28-25-,34-33-,37-36-,40-39-,44-42-,47-30-,51-48-. The van der Waals surface area contributed by atoms with E-state index in [1.54, 1.807) is 0 Å². The molecule has 0 bridgehead atoms. The number of unbranched alkanes of at least 4 members (excludes halogenated alkanes) is 34. The highest BCUT2D eigenvalue weighted by Gasteiger charge is 2.19. The second-order valence-electron chi connectivity index (χ2n) is 23.1. The molecule has 0 saturated carbocycles. The molecule has 470 valence electrons. The van der Waals surface area contributed by atoms with Crippen molar-refractivity contribution in [2.24, 2.45) is 0 Å². The lowest BCUT2D eigenvalue weighted by molar-refractivity contribution is -0.167. The Bertz CT molecular complexity index is 1640. The molecule has 0 aromatic heterocycles. The van der Waals surface area contributed by atoms with Gasteiger partial charge in [-0.25, -0.2) is 0 Å². The van der Waals surface area contributed by atoms with Crippen LogP contribution in [0.25, 0.3) is 0 Å². The summed E-state index contributed by atoms with van der Waals surface area (Å²) in [5, 5.41) is 0. The molecular formula is C76H130O6. The molecule has 0 amide bonds. The summed E-state index contributed by atoms with van der Waals surface area (Å²) in [7, 11) is 0. The van der Waals surface area contributed by atoms with Crippen molar-refractivity contribution in [1.82, 2.24) is 0 Å². The molecule has 1 atom stereocenters. The highest BCUT2D eigenvalue weighted by Crippen LogP contribution is 2.17. The van der Waals surface area contributed by atoms with Crippen LogP contribution in [-0.4, -0.2) is 37.2 Å². The number of carbonyl (C=O) groups is 3. The molecule has 0 N–H and O–H groups in total. The molecule has 0 saturated heterocycles. The first-order valence-electron chi connectivity index (χ1n) is 34.9. The van der Waals surface area contributed by atoms with E-state index in [0.717, 1.165) is 128 Å². The summed E-state index contributed by atoms with van der Waals surface area (Å²) in [4.78, 5) is 38.4. The third-order valence-corrected chi connectivity index (χ3v) is 15.0. The average molecular weight is 1140 g/mol. The van der Waals surface area contributed by atoms with Gasteiger partial charge in [-0.15, -0.1) is 0 Å². The molecule has 82 heavy (non-hydrogen) atoms. The van der Waals surface area contributed by atoms with E-state index in [4.69, 9.17) is 14.2 Å². The van der Waals surface area contributed by atoms with Crippen LogP contribution in [0.15, 0.2) is 109 Å². The van der Waals surface area contributed by atoms with E-state index < -0.39 is 6.10 Å². The summed E-state index contributed by atoms with van der Waals surface area (Å²) in [5.74, 6) is -0.907. The largest absolute Gasteiger partial charge is 0.462 e. The van der Waals surface area contributed by atoms with Crippen LogP contribution in [0.4, 0.5) is 0 Å². The van der Waals surface area contributed by atoms with Gasteiger partial charge in [0.15, 0.2) is 6.10 Å². The summed E-state index contributed by atoms with van der Waals surface area (Å²) in [6.45, 7) is 6.54. The first kappa shape index (κ1) is 78.1. The molecule has 0 heterocycles. The second-order valence-corrected chi connectivity index (χ2v) is 23.1. The Kier molecular flexibility index (Phi) is 66.2. The number of rotatable bonds is 63. The maximum Gasteiger partial charge on any atom is 0.306 e. The lowest BCUT2D eigenvalue weighted by Gasteiger charge is -2.18. The van der Waals surface area contributed by atoms with Crippen molar-refractivity contribution in [3.63, 3.8) is 0 Å². The van der Waals surface area contributed by atoms with Crippen molar-refractivity contribution in [2.75, 3.05) is 13.2 Å². The van der Waals surface area contributed by atoms with Crippen LogP contribution < -0.4 is 0 Å². The van der Waals surface area contributed by atoms with Gasteiger partial charge in [-0.05, 0) is 109 Å². The molecular weight excluding hydrogens is 1010 g/mol. The van der Waals surface area contributed by atoms with Crippen LogP contribution in [-0.2, 0) is 28.6 Å². The zero-order valence-corrected chi connectivity index (χ0v) is 54.0. The van der Waals surface area contributed by atoms with Gasteiger partial charge in [-0.1, -0.05) is 316 Å². The van der Waals surface area contributed by atoms with E-state index in [2.05, 4.69) is 130 Å². The Morgan fingerprint density at radius 3 is 0.756 bits per heavy atom. The van der Waals surface area contributed by atoms with E-state index >= 15 is 0 Å². The fourth-order valence-corrected chi connectivity index (χ4v) is 9.81. The molecule has 6 nitrogen and oxygen atoms in total. The Morgan fingerprint density at radius 2 is 0.476 bits per heavy atom. The van der Waals surface area contributed by atoms with Crippen molar-refractivity contribution in [3.8, 4) is 0 Å². The number of allylic oxidation sites excluding steroid dienone is 18. The first-order valence-corrected chi connectivity index (χ1v) is 34.9. The summed E-state index contributed by atoms with van der Waals surface area (Å²) in [6, 6.07) is 0. The maximum atomic E-state index is 12.9. The lowest BCUT2D eigenvalue weighted by Crippen LogP contribution is -2.30. The number of hydrogen-bond acceptors (Lipinski definition) is 6. The molecule has 0 aliphatic rings. The minimum absolute atomic E-state index is 0.0883. The smallest absolute Gasteiger partial charge is 0.306 e. The molecule has 0 aromatic rings. The van der Waals surface area contributed by atoms with Gasteiger partial charge < -0.3 is 14.2 Å². The minimum atomic E-state index is -0.794. The first-order chi connectivity index (χ1) is 40.5. The summed E-state index contributed by atoms with van der Waals surface area (Å²) >= 11 is 0. The Labute approximate surface area is 508 Å². The van der Waals surface area contributed by atoms with Gasteiger partial charge in [0.25, 0.3) is 0 Å². The van der Waals surface area contributed by atoms with Gasteiger partial charge in [-0.2, -0.15) is 0 Å². The Balaban J connectivity index is 4.40. The maximum absolute atomic E-state index is 12.9. The van der Waals surface area contributed by atoms with E-state index in [1.807, 2.05) is 0 Å². The van der Waals surface area contributed by atoms with Crippen LogP contribution in [0.2, 0.25) is 0 Å². The topological polar surface area (TPSA) is 78.9 Å². The van der Waals surface area contributed by atoms with E-state index in [1.165, 1.54) is 167 Å². The second kappa shape index (κ2) is 69.6. The molecule has 0 radical (unpaired) electrons. The van der Waals surface area contributed by atoms with Gasteiger partial charge in [0, 0.05) is 19.3 Å². The highest BCUT2D eigenvalue weighted by molar-refractivity contribution is 5.71. The van der Waals surface area contributed by atoms with E-state index in [0.29, 0.717) is 19.3 Å². The third-order valence-electron chi connectivity index (χ3n) is 15.0. The quantitative estimate of drug-likeness (QED) is 0.0261. The fraction of sp³-hybridized carbons (Fsp3) is 0.724. The molecule has 0 aliphatic heterocycles. The van der Waals surface area contributed by atoms with Gasteiger partial charge in [0.05, 0.1) is 0 Å². The van der Waals surface area contributed by atoms with Crippen LogP contribution in [0, 0.1) is 0 Å². The molecule has 0 rings (SSSR count). The highest BCUT2D eigenvalue weighted by atomic mass is 16.6. The molecule has 0 aliphatic carbocycles. The molecule has 0 aromatic carbocycles. The monoisotopic (exact) mass is 1140 g/mol. The lowest BCUT2D eigenvalue weighted by atomic mass is 10.0.